The van der Waals surface area contributed by atoms with Crippen LogP contribution in [-0.2, 0) is 6.54 Å². The SMILES string of the molecule is O=C(NCc1ccc2c(c1)OCO2)Nc1ccc(N2CCCC2)nc1. The molecule has 2 amide bonds. The van der Waals surface area contributed by atoms with Crippen LogP contribution in [0.2, 0.25) is 0 Å². The Balaban J connectivity index is 1.30. The molecule has 0 unspecified atom stereocenters. The van der Waals surface area contributed by atoms with Gasteiger partial charge in [-0.15, -0.1) is 0 Å². The van der Waals surface area contributed by atoms with Crippen LogP contribution in [-0.4, -0.2) is 30.9 Å². The van der Waals surface area contributed by atoms with E-state index in [2.05, 4.69) is 20.5 Å². The number of anilines is 2. The third-order valence-electron chi connectivity index (χ3n) is 4.33. The highest BCUT2D eigenvalue weighted by atomic mass is 16.7. The van der Waals surface area contributed by atoms with Crippen molar-refractivity contribution < 1.29 is 14.3 Å². The largest absolute Gasteiger partial charge is 0.454 e. The fourth-order valence-electron chi connectivity index (χ4n) is 3.00. The molecule has 1 aromatic carbocycles. The smallest absolute Gasteiger partial charge is 0.319 e. The van der Waals surface area contributed by atoms with Gasteiger partial charge in [0.15, 0.2) is 11.5 Å². The molecule has 0 atom stereocenters. The van der Waals surface area contributed by atoms with Gasteiger partial charge in [-0.3, -0.25) is 0 Å². The molecule has 0 radical (unpaired) electrons. The maximum atomic E-state index is 12.0. The lowest BCUT2D eigenvalue weighted by Crippen LogP contribution is -2.28. The number of fused-ring (bicyclic) bond motifs is 1. The zero-order valence-corrected chi connectivity index (χ0v) is 13.8. The number of benzene rings is 1. The standard InChI is InChI=1S/C18H20N4O3/c23-18(20-10-13-3-5-15-16(9-13)25-12-24-15)21-14-4-6-17(19-11-14)22-7-1-2-8-22/h3-6,9,11H,1-2,7-8,10,12H2,(H2,20,21,23). The monoisotopic (exact) mass is 340 g/mol. The van der Waals surface area contributed by atoms with Gasteiger partial charge < -0.3 is 25.0 Å². The van der Waals surface area contributed by atoms with Crippen LogP contribution < -0.4 is 25.0 Å². The number of urea groups is 1. The number of carbonyl (C=O) groups is 1. The number of nitrogens with one attached hydrogen (secondary N) is 2. The van der Waals surface area contributed by atoms with E-state index in [0.717, 1.165) is 30.2 Å². The highest BCUT2D eigenvalue weighted by Crippen LogP contribution is 2.32. The van der Waals surface area contributed by atoms with E-state index in [4.69, 9.17) is 9.47 Å². The average molecular weight is 340 g/mol. The van der Waals surface area contributed by atoms with Gasteiger partial charge in [-0.1, -0.05) is 6.07 Å². The number of hydrogen-bond donors (Lipinski definition) is 2. The molecule has 1 fully saturated rings. The van der Waals surface area contributed by atoms with Crippen molar-refractivity contribution in [2.45, 2.75) is 19.4 Å². The van der Waals surface area contributed by atoms with Crippen molar-refractivity contribution in [3.05, 3.63) is 42.1 Å². The molecule has 2 aliphatic rings. The highest BCUT2D eigenvalue weighted by Gasteiger charge is 2.14. The molecule has 130 valence electrons. The molecular formula is C18H20N4O3. The number of pyridine rings is 1. The van der Waals surface area contributed by atoms with E-state index in [1.54, 1.807) is 6.20 Å². The third-order valence-corrected chi connectivity index (χ3v) is 4.33. The fourth-order valence-corrected chi connectivity index (χ4v) is 3.00. The Labute approximate surface area is 145 Å². The average Bonchev–Trinajstić information content (AvgIpc) is 3.32. The molecule has 7 nitrogen and oxygen atoms in total. The zero-order chi connectivity index (χ0) is 17.1. The van der Waals surface area contributed by atoms with Crippen LogP contribution in [0.1, 0.15) is 18.4 Å². The first-order valence-electron chi connectivity index (χ1n) is 8.42. The van der Waals surface area contributed by atoms with Crippen LogP contribution in [0.15, 0.2) is 36.5 Å². The molecule has 2 aliphatic heterocycles. The van der Waals surface area contributed by atoms with Crippen molar-refractivity contribution in [2.24, 2.45) is 0 Å². The number of hydrogen-bond acceptors (Lipinski definition) is 5. The third kappa shape index (κ3) is 3.60. The van der Waals surface area contributed by atoms with Gasteiger partial charge in [0, 0.05) is 19.6 Å². The van der Waals surface area contributed by atoms with Crippen molar-refractivity contribution >= 4 is 17.5 Å². The molecule has 1 saturated heterocycles. The second kappa shape index (κ2) is 6.88. The molecule has 1 aromatic heterocycles. The maximum absolute atomic E-state index is 12.0. The summed E-state index contributed by atoms with van der Waals surface area (Å²) in [6.45, 7) is 2.75. The summed E-state index contributed by atoms with van der Waals surface area (Å²) in [6.07, 6.45) is 4.11. The topological polar surface area (TPSA) is 75.7 Å². The Morgan fingerprint density at radius 3 is 2.76 bits per heavy atom. The van der Waals surface area contributed by atoms with Crippen molar-refractivity contribution in [1.82, 2.24) is 10.3 Å². The number of aromatic nitrogens is 1. The second-order valence-corrected chi connectivity index (χ2v) is 6.09. The van der Waals surface area contributed by atoms with E-state index in [9.17, 15) is 4.79 Å². The van der Waals surface area contributed by atoms with Gasteiger partial charge in [0.2, 0.25) is 6.79 Å². The zero-order valence-electron chi connectivity index (χ0n) is 13.8. The Kier molecular flexibility index (Phi) is 4.28. The number of nitrogens with zero attached hydrogens (tertiary/aromatic N) is 2. The summed E-state index contributed by atoms with van der Waals surface area (Å²) in [6, 6.07) is 9.17. The summed E-state index contributed by atoms with van der Waals surface area (Å²) in [5.41, 5.74) is 1.62. The Bertz CT molecular complexity index is 757. The maximum Gasteiger partial charge on any atom is 0.319 e. The van der Waals surface area contributed by atoms with Gasteiger partial charge in [-0.05, 0) is 42.7 Å². The molecule has 2 aromatic rings. The van der Waals surface area contributed by atoms with E-state index in [0.29, 0.717) is 18.0 Å². The van der Waals surface area contributed by atoms with Gasteiger partial charge in [-0.25, -0.2) is 9.78 Å². The summed E-state index contributed by atoms with van der Waals surface area (Å²) in [5.74, 6) is 2.41. The summed E-state index contributed by atoms with van der Waals surface area (Å²) in [7, 11) is 0. The first-order valence-corrected chi connectivity index (χ1v) is 8.42. The van der Waals surface area contributed by atoms with Crippen LogP contribution in [0.25, 0.3) is 0 Å². The van der Waals surface area contributed by atoms with Crippen molar-refractivity contribution in [3.63, 3.8) is 0 Å². The van der Waals surface area contributed by atoms with Crippen LogP contribution in [0, 0.1) is 0 Å². The summed E-state index contributed by atoms with van der Waals surface area (Å²) >= 11 is 0. The van der Waals surface area contributed by atoms with Gasteiger partial charge in [0.05, 0.1) is 11.9 Å². The lowest BCUT2D eigenvalue weighted by atomic mass is 10.2. The van der Waals surface area contributed by atoms with Gasteiger partial charge in [-0.2, -0.15) is 0 Å². The molecular weight excluding hydrogens is 320 g/mol. The minimum absolute atomic E-state index is 0.243. The van der Waals surface area contributed by atoms with E-state index in [1.807, 2.05) is 30.3 Å². The number of ether oxygens (including phenoxy) is 2. The van der Waals surface area contributed by atoms with Gasteiger partial charge in [0.25, 0.3) is 0 Å². The molecule has 7 heteroatoms. The van der Waals surface area contributed by atoms with E-state index in [1.165, 1.54) is 12.8 Å². The lowest BCUT2D eigenvalue weighted by Gasteiger charge is -2.16. The lowest BCUT2D eigenvalue weighted by molar-refractivity contribution is 0.174. The van der Waals surface area contributed by atoms with Gasteiger partial charge in [0.1, 0.15) is 5.82 Å². The number of carbonyl (C=O) groups excluding carboxylic acids is 1. The van der Waals surface area contributed by atoms with Crippen LogP contribution in [0.4, 0.5) is 16.3 Å². The van der Waals surface area contributed by atoms with Crippen molar-refractivity contribution in [1.29, 1.82) is 0 Å². The normalized spacial score (nSPS) is 15.3. The Morgan fingerprint density at radius 1 is 1.12 bits per heavy atom. The number of rotatable bonds is 4. The molecule has 0 bridgehead atoms. The van der Waals surface area contributed by atoms with Crippen LogP contribution in [0.5, 0.6) is 11.5 Å². The molecule has 2 N–H and O–H groups in total. The Morgan fingerprint density at radius 2 is 1.96 bits per heavy atom. The van der Waals surface area contributed by atoms with Gasteiger partial charge >= 0.3 is 6.03 Å². The quantitative estimate of drug-likeness (QED) is 0.895. The van der Waals surface area contributed by atoms with E-state index >= 15 is 0 Å². The molecule has 3 heterocycles. The Hall–Kier alpha value is -2.96. The predicted octanol–water partition coefficient (Wildman–Crippen LogP) is 2.73. The summed E-state index contributed by atoms with van der Waals surface area (Å²) in [5, 5.41) is 5.62. The van der Waals surface area contributed by atoms with Crippen LogP contribution in [0.3, 0.4) is 0 Å². The van der Waals surface area contributed by atoms with Crippen molar-refractivity contribution in [2.75, 3.05) is 30.1 Å². The molecule has 4 rings (SSSR count). The summed E-state index contributed by atoms with van der Waals surface area (Å²) < 4.78 is 10.6. The minimum Gasteiger partial charge on any atom is -0.454 e. The first kappa shape index (κ1) is 15.6. The van der Waals surface area contributed by atoms with E-state index in [-0.39, 0.29) is 12.8 Å². The van der Waals surface area contributed by atoms with E-state index < -0.39 is 0 Å². The first-order chi connectivity index (χ1) is 12.3. The number of amides is 2. The van der Waals surface area contributed by atoms with Crippen LogP contribution >= 0.6 is 0 Å². The minimum atomic E-state index is -0.270. The fraction of sp³-hybridized carbons (Fsp3) is 0.333. The molecule has 0 saturated carbocycles. The molecule has 25 heavy (non-hydrogen) atoms. The molecule has 0 aliphatic carbocycles. The molecule has 0 spiro atoms. The second-order valence-electron chi connectivity index (χ2n) is 6.09. The predicted molar refractivity (Wildman–Crippen MR) is 94.1 cm³/mol. The van der Waals surface area contributed by atoms with Crippen molar-refractivity contribution in [3.8, 4) is 11.5 Å². The highest BCUT2D eigenvalue weighted by molar-refractivity contribution is 5.89. The summed E-state index contributed by atoms with van der Waals surface area (Å²) in [4.78, 5) is 18.7.